The summed E-state index contributed by atoms with van der Waals surface area (Å²) >= 11 is 6.06. The molecule has 1 fully saturated rings. The molecule has 0 heterocycles. The quantitative estimate of drug-likeness (QED) is 0.889. The molecule has 3 nitrogen and oxygen atoms in total. The Morgan fingerprint density at radius 2 is 2.28 bits per heavy atom. The lowest BCUT2D eigenvalue weighted by Crippen LogP contribution is -2.38. The van der Waals surface area contributed by atoms with Gasteiger partial charge in [-0.15, -0.1) is 0 Å². The van der Waals surface area contributed by atoms with Crippen molar-refractivity contribution in [2.24, 2.45) is 5.41 Å². The van der Waals surface area contributed by atoms with Gasteiger partial charge in [-0.3, -0.25) is 0 Å². The molecule has 0 radical (unpaired) electrons. The monoisotopic (exact) mass is 264 g/mol. The van der Waals surface area contributed by atoms with Crippen LogP contribution in [0.2, 0.25) is 5.02 Å². The highest BCUT2D eigenvalue weighted by Gasteiger charge is 2.36. The zero-order valence-electron chi connectivity index (χ0n) is 10.5. The highest BCUT2D eigenvalue weighted by atomic mass is 35.5. The van der Waals surface area contributed by atoms with Crippen molar-refractivity contribution in [3.05, 3.63) is 28.8 Å². The number of nitriles is 1. The number of benzene rings is 1. The van der Waals surface area contributed by atoms with E-state index in [0.717, 1.165) is 31.5 Å². The molecule has 0 atom stereocenters. The summed E-state index contributed by atoms with van der Waals surface area (Å²) in [4.78, 5) is 0. The summed E-state index contributed by atoms with van der Waals surface area (Å²) in [6, 6.07) is 8.17. The van der Waals surface area contributed by atoms with Crippen molar-refractivity contribution < 1.29 is 4.74 Å². The van der Waals surface area contributed by atoms with E-state index in [0.29, 0.717) is 10.8 Å². The molecule has 0 saturated heterocycles. The normalized spacial score (nSPS) is 16.7. The van der Waals surface area contributed by atoms with Crippen LogP contribution in [0.5, 0.6) is 5.75 Å². The minimum absolute atomic E-state index is 0.129. The molecule has 1 aliphatic carbocycles. The Bertz CT molecular complexity index is 463. The first-order valence-corrected chi connectivity index (χ1v) is 6.51. The van der Waals surface area contributed by atoms with Gasteiger partial charge < -0.3 is 10.1 Å². The van der Waals surface area contributed by atoms with Gasteiger partial charge >= 0.3 is 0 Å². The van der Waals surface area contributed by atoms with Crippen LogP contribution in [0.4, 0.5) is 0 Å². The third-order valence-corrected chi connectivity index (χ3v) is 3.85. The fourth-order valence-corrected chi connectivity index (χ4v) is 2.48. The molecule has 0 spiro atoms. The van der Waals surface area contributed by atoms with E-state index in [1.54, 1.807) is 7.11 Å². The van der Waals surface area contributed by atoms with Gasteiger partial charge in [-0.1, -0.05) is 24.1 Å². The molecule has 1 aliphatic rings. The van der Waals surface area contributed by atoms with Crippen molar-refractivity contribution in [2.75, 3.05) is 13.7 Å². The second-order valence-electron chi connectivity index (χ2n) is 4.82. The smallest absolute Gasteiger partial charge is 0.137 e. The van der Waals surface area contributed by atoms with Gasteiger partial charge in [0.2, 0.25) is 0 Å². The molecule has 0 aliphatic heterocycles. The number of halogens is 1. The van der Waals surface area contributed by atoms with Crippen molar-refractivity contribution in [3.63, 3.8) is 0 Å². The van der Waals surface area contributed by atoms with Crippen LogP contribution < -0.4 is 10.1 Å². The van der Waals surface area contributed by atoms with Crippen molar-refractivity contribution in [2.45, 2.75) is 25.8 Å². The van der Waals surface area contributed by atoms with Crippen LogP contribution in [0.1, 0.15) is 24.8 Å². The average molecular weight is 265 g/mol. The third-order valence-electron chi connectivity index (χ3n) is 3.56. The minimum atomic E-state index is -0.129. The number of nitrogens with zero attached hydrogens (tertiary/aromatic N) is 1. The van der Waals surface area contributed by atoms with E-state index in [9.17, 15) is 0 Å². The van der Waals surface area contributed by atoms with Gasteiger partial charge in [0, 0.05) is 13.1 Å². The second-order valence-corrected chi connectivity index (χ2v) is 5.23. The molecule has 0 bridgehead atoms. The van der Waals surface area contributed by atoms with Gasteiger partial charge in [0.15, 0.2) is 0 Å². The topological polar surface area (TPSA) is 45.0 Å². The fraction of sp³-hybridized carbons (Fsp3) is 0.500. The first-order valence-electron chi connectivity index (χ1n) is 6.13. The lowest BCUT2D eigenvalue weighted by molar-refractivity contribution is 0.206. The van der Waals surface area contributed by atoms with E-state index < -0.39 is 0 Å². The van der Waals surface area contributed by atoms with Gasteiger partial charge in [0.25, 0.3) is 0 Å². The molecule has 0 aromatic heterocycles. The highest BCUT2D eigenvalue weighted by molar-refractivity contribution is 6.32. The standard InChI is InChI=1S/C14H17ClN2O/c1-18-13-4-3-11(7-12(13)15)8-17-10-14(9-16)5-2-6-14/h3-4,7,17H,2,5-6,8,10H2,1H3. The SMILES string of the molecule is COc1ccc(CNCC2(C#N)CCC2)cc1Cl. The molecule has 0 unspecified atom stereocenters. The van der Waals surface area contributed by atoms with E-state index in [2.05, 4.69) is 11.4 Å². The first-order chi connectivity index (χ1) is 8.69. The first kappa shape index (κ1) is 13.2. The highest BCUT2D eigenvalue weighted by Crippen LogP contribution is 2.39. The van der Waals surface area contributed by atoms with E-state index >= 15 is 0 Å². The maximum absolute atomic E-state index is 9.12. The number of rotatable bonds is 5. The molecular weight excluding hydrogens is 248 g/mol. The molecule has 2 rings (SSSR count). The molecule has 1 aromatic carbocycles. The molecule has 18 heavy (non-hydrogen) atoms. The molecule has 1 N–H and O–H groups in total. The predicted molar refractivity (Wildman–Crippen MR) is 71.6 cm³/mol. The zero-order chi connectivity index (χ0) is 13.0. The van der Waals surface area contributed by atoms with Gasteiger partial charge in [0.05, 0.1) is 23.6 Å². The third kappa shape index (κ3) is 2.77. The van der Waals surface area contributed by atoms with E-state index in [1.165, 1.54) is 6.42 Å². The van der Waals surface area contributed by atoms with Crippen LogP contribution in [0.15, 0.2) is 18.2 Å². The lowest BCUT2D eigenvalue weighted by Gasteiger charge is -2.35. The van der Waals surface area contributed by atoms with Gasteiger partial charge in [-0.25, -0.2) is 0 Å². The van der Waals surface area contributed by atoms with Gasteiger partial charge in [-0.2, -0.15) is 5.26 Å². The Balaban J connectivity index is 1.87. The number of hydrogen-bond acceptors (Lipinski definition) is 3. The van der Waals surface area contributed by atoms with E-state index in [1.807, 2.05) is 18.2 Å². The summed E-state index contributed by atoms with van der Waals surface area (Å²) in [5.74, 6) is 0.688. The lowest BCUT2D eigenvalue weighted by atomic mass is 9.70. The van der Waals surface area contributed by atoms with Crippen LogP contribution in [-0.4, -0.2) is 13.7 Å². The number of nitrogens with one attached hydrogen (secondary N) is 1. The molecule has 0 amide bonds. The average Bonchev–Trinajstić information content (AvgIpc) is 2.33. The Morgan fingerprint density at radius 3 is 2.78 bits per heavy atom. The second kappa shape index (κ2) is 5.60. The van der Waals surface area contributed by atoms with Crippen LogP contribution in [-0.2, 0) is 6.54 Å². The summed E-state index contributed by atoms with van der Waals surface area (Å²) in [6.07, 6.45) is 3.20. The summed E-state index contributed by atoms with van der Waals surface area (Å²) in [5.41, 5.74) is 0.976. The Morgan fingerprint density at radius 1 is 1.50 bits per heavy atom. The molecule has 1 aromatic rings. The summed E-state index contributed by atoms with van der Waals surface area (Å²) in [5, 5.41) is 13.1. The Kier molecular flexibility index (Phi) is 4.11. The van der Waals surface area contributed by atoms with E-state index in [4.69, 9.17) is 21.6 Å². The molecule has 96 valence electrons. The van der Waals surface area contributed by atoms with Crippen LogP contribution in [0, 0.1) is 16.7 Å². The largest absolute Gasteiger partial charge is 0.495 e. The predicted octanol–water partition coefficient (Wildman–Crippen LogP) is 3.13. The minimum Gasteiger partial charge on any atom is -0.495 e. The maximum Gasteiger partial charge on any atom is 0.137 e. The summed E-state index contributed by atoms with van der Waals surface area (Å²) in [6.45, 7) is 1.49. The van der Waals surface area contributed by atoms with Crippen molar-refractivity contribution in [1.29, 1.82) is 5.26 Å². The van der Waals surface area contributed by atoms with Crippen molar-refractivity contribution in [3.8, 4) is 11.8 Å². The summed E-state index contributed by atoms with van der Waals surface area (Å²) < 4.78 is 5.11. The summed E-state index contributed by atoms with van der Waals surface area (Å²) in [7, 11) is 1.60. The number of methoxy groups -OCH3 is 1. The van der Waals surface area contributed by atoms with Gasteiger partial charge in [0.1, 0.15) is 5.75 Å². The molecule has 1 saturated carbocycles. The number of ether oxygens (including phenoxy) is 1. The van der Waals surface area contributed by atoms with Crippen LogP contribution in [0.3, 0.4) is 0 Å². The van der Waals surface area contributed by atoms with Crippen molar-refractivity contribution >= 4 is 11.6 Å². The van der Waals surface area contributed by atoms with Crippen molar-refractivity contribution in [1.82, 2.24) is 5.32 Å². The van der Waals surface area contributed by atoms with E-state index in [-0.39, 0.29) is 5.41 Å². The zero-order valence-corrected chi connectivity index (χ0v) is 11.3. The molecular formula is C14H17ClN2O. The Hall–Kier alpha value is -1.24. The fourth-order valence-electron chi connectivity index (χ4n) is 2.20. The van der Waals surface area contributed by atoms with Crippen LogP contribution in [0.25, 0.3) is 0 Å². The maximum atomic E-state index is 9.12. The molecule has 4 heteroatoms. The van der Waals surface area contributed by atoms with Gasteiger partial charge in [-0.05, 0) is 30.5 Å². The Labute approximate surface area is 113 Å². The number of hydrogen-bond donors (Lipinski definition) is 1. The van der Waals surface area contributed by atoms with Crippen LogP contribution >= 0.6 is 11.6 Å².